The molecule has 332 valence electrons. The molecule has 2 unspecified atom stereocenters. The van der Waals surface area contributed by atoms with Crippen molar-refractivity contribution in [1.29, 1.82) is 0 Å². The van der Waals surface area contributed by atoms with E-state index in [2.05, 4.69) is 31.3 Å². The minimum absolute atomic E-state index is 0.0600. The normalized spacial score (nSPS) is 13.0. The molecule has 0 aromatic rings. The molecule has 0 rings (SSSR count). The zero-order chi connectivity index (χ0) is 40.7. The summed E-state index contributed by atoms with van der Waals surface area (Å²) >= 11 is 0. The molecule has 0 aromatic heterocycles. The van der Waals surface area contributed by atoms with Gasteiger partial charge in [0.1, 0.15) is 0 Å². The van der Waals surface area contributed by atoms with Crippen LogP contribution in [0.5, 0.6) is 0 Å². The molecule has 4 heteroatoms. The van der Waals surface area contributed by atoms with Crippen molar-refractivity contribution in [2.24, 2.45) is 0 Å². The van der Waals surface area contributed by atoms with Crippen LogP contribution in [0.15, 0.2) is 24.3 Å². The van der Waals surface area contributed by atoms with Crippen LogP contribution in [0.3, 0.4) is 0 Å². The summed E-state index contributed by atoms with van der Waals surface area (Å²) in [7, 11) is 0. The summed E-state index contributed by atoms with van der Waals surface area (Å²) in [6.45, 7) is 4.34. The SMILES string of the molecule is CCCCCCCCCC/C=C\CCCCCCCCCCCCCCCC(=O)NC(CO)C(O)/C=C/CCCCCCCCCCCCCCCCCCC. The Morgan fingerprint density at radius 2 is 0.679 bits per heavy atom. The lowest BCUT2D eigenvalue weighted by molar-refractivity contribution is -0.123. The Morgan fingerprint density at radius 3 is 0.982 bits per heavy atom. The molecule has 56 heavy (non-hydrogen) atoms. The van der Waals surface area contributed by atoms with E-state index in [-0.39, 0.29) is 12.5 Å². The summed E-state index contributed by atoms with van der Waals surface area (Å²) in [6, 6.07) is -0.620. The lowest BCUT2D eigenvalue weighted by atomic mass is 10.0. The van der Waals surface area contributed by atoms with Gasteiger partial charge in [0.05, 0.1) is 18.8 Å². The smallest absolute Gasteiger partial charge is 0.220 e. The molecule has 0 heterocycles. The van der Waals surface area contributed by atoms with E-state index in [0.29, 0.717) is 6.42 Å². The third-order valence-corrected chi connectivity index (χ3v) is 11.9. The molecule has 0 aliphatic carbocycles. The van der Waals surface area contributed by atoms with Crippen LogP contribution in [0.1, 0.15) is 284 Å². The maximum absolute atomic E-state index is 12.4. The van der Waals surface area contributed by atoms with Crippen molar-refractivity contribution in [2.45, 2.75) is 296 Å². The van der Waals surface area contributed by atoms with Gasteiger partial charge >= 0.3 is 0 Å². The highest BCUT2D eigenvalue weighted by Crippen LogP contribution is 2.16. The van der Waals surface area contributed by atoms with E-state index in [9.17, 15) is 15.0 Å². The van der Waals surface area contributed by atoms with E-state index >= 15 is 0 Å². The van der Waals surface area contributed by atoms with Crippen molar-refractivity contribution < 1.29 is 15.0 Å². The van der Waals surface area contributed by atoms with Gasteiger partial charge in [-0.15, -0.1) is 0 Å². The average molecular weight is 788 g/mol. The van der Waals surface area contributed by atoms with Crippen molar-refractivity contribution in [1.82, 2.24) is 5.32 Å². The van der Waals surface area contributed by atoms with Gasteiger partial charge < -0.3 is 15.5 Å². The second kappa shape index (κ2) is 48.2. The van der Waals surface area contributed by atoms with Crippen LogP contribution in [0, 0.1) is 0 Å². The molecule has 0 bridgehead atoms. The Kier molecular flexibility index (Phi) is 47.3. The minimum Gasteiger partial charge on any atom is -0.394 e. The van der Waals surface area contributed by atoms with Crippen molar-refractivity contribution in [2.75, 3.05) is 6.61 Å². The first-order chi connectivity index (χ1) is 27.7. The van der Waals surface area contributed by atoms with Gasteiger partial charge in [-0.1, -0.05) is 256 Å². The zero-order valence-corrected chi connectivity index (χ0v) is 38.2. The third-order valence-electron chi connectivity index (χ3n) is 11.9. The first kappa shape index (κ1) is 54.9. The molecule has 0 aliphatic rings. The first-order valence-corrected chi connectivity index (χ1v) is 25.6. The number of unbranched alkanes of at least 4 members (excludes halogenated alkanes) is 38. The van der Waals surface area contributed by atoms with E-state index in [1.807, 2.05) is 6.08 Å². The van der Waals surface area contributed by atoms with Crippen LogP contribution in [-0.4, -0.2) is 34.9 Å². The summed E-state index contributed by atoms with van der Waals surface area (Å²) in [4.78, 5) is 12.4. The van der Waals surface area contributed by atoms with Crippen molar-refractivity contribution in [3.8, 4) is 0 Å². The number of aliphatic hydroxyl groups is 2. The van der Waals surface area contributed by atoms with Crippen LogP contribution < -0.4 is 5.32 Å². The minimum atomic E-state index is -0.837. The van der Waals surface area contributed by atoms with Gasteiger partial charge in [-0.3, -0.25) is 4.79 Å². The molecule has 0 saturated heterocycles. The molecular formula is C52H101NO3. The van der Waals surface area contributed by atoms with Crippen LogP contribution in [0.4, 0.5) is 0 Å². The van der Waals surface area contributed by atoms with Gasteiger partial charge in [-0.2, -0.15) is 0 Å². The Bertz CT molecular complexity index is 810. The number of amides is 1. The molecule has 0 fully saturated rings. The summed E-state index contributed by atoms with van der Waals surface area (Å²) < 4.78 is 0. The van der Waals surface area contributed by atoms with Crippen LogP contribution in [0.2, 0.25) is 0 Å². The molecular weight excluding hydrogens is 687 g/mol. The first-order valence-electron chi connectivity index (χ1n) is 25.6. The third kappa shape index (κ3) is 44.0. The van der Waals surface area contributed by atoms with Crippen LogP contribution in [-0.2, 0) is 4.79 Å². The summed E-state index contributed by atoms with van der Waals surface area (Å²) in [5, 5.41) is 23.1. The fourth-order valence-electron chi connectivity index (χ4n) is 8.00. The van der Waals surface area contributed by atoms with Gasteiger partial charge in [-0.05, 0) is 44.9 Å². The van der Waals surface area contributed by atoms with E-state index in [4.69, 9.17) is 0 Å². The molecule has 2 atom stereocenters. The molecule has 0 spiro atoms. The summed E-state index contributed by atoms with van der Waals surface area (Å²) in [5.41, 5.74) is 0. The van der Waals surface area contributed by atoms with Gasteiger partial charge in [0, 0.05) is 6.42 Å². The second-order valence-corrected chi connectivity index (χ2v) is 17.6. The highest BCUT2D eigenvalue weighted by molar-refractivity contribution is 5.76. The number of nitrogens with one attached hydrogen (secondary N) is 1. The quantitative estimate of drug-likeness (QED) is 0.0425. The van der Waals surface area contributed by atoms with E-state index in [0.717, 1.165) is 25.7 Å². The van der Waals surface area contributed by atoms with Crippen molar-refractivity contribution in [3.63, 3.8) is 0 Å². The molecule has 0 radical (unpaired) electrons. The number of hydrogen-bond donors (Lipinski definition) is 3. The summed E-state index contributed by atoms with van der Waals surface area (Å²) in [6.07, 6.45) is 63.1. The Morgan fingerprint density at radius 1 is 0.411 bits per heavy atom. The van der Waals surface area contributed by atoms with Gasteiger partial charge in [-0.25, -0.2) is 0 Å². The van der Waals surface area contributed by atoms with Crippen molar-refractivity contribution >= 4 is 5.91 Å². The molecule has 0 aliphatic heterocycles. The van der Waals surface area contributed by atoms with Gasteiger partial charge in [0.15, 0.2) is 0 Å². The highest BCUT2D eigenvalue weighted by atomic mass is 16.3. The maximum atomic E-state index is 12.4. The zero-order valence-electron chi connectivity index (χ0n) is 38.2. The van der Waals surface area contributed by atoms with Crippen LogP contribution in [0.25, 0.3) is 0 Å². The molecule has 0 aromatic carbocycles. The highest BCUT2D eigenvalue weighted by Gasteiger charge is 2.18. The number of carbonyl (C=O) groups excluding carboxylic acids is 1. The predicted molar refractivity (Wildman–Crippen MR) is 249 cm³/mol. The number of carbonyl (C=O) groups is 1. The monoisotopic (exact) mass is 788 g/mol. The van der Waals surface area contributed by atoms with E-state index in [1.165, 1.54) is 238 Å². The largest absolute Gasteiger partial charge is 0.394 e. The van der Waals surface area contributed by atoms with E-state index in [1.54, 1.807) is 6.08 Å². The molecule has 3 N–H and O–H groups in total. The Balaban J connectivity index is 3.49. The topological polar surface area (TPSA) is 69.6 Å². The van der Waals surface area contributed by atoms with Crippen LogP contribution >= 0.6 is 0 Å². The second-order valence-electron chi connectivity index (χ2n) is 17.6. The molecule has 4 nitrogen and oxygen atoms in total. The lowest BCUT2D eigenvalue weighted by Gasteiger charge is -2.20. The lowest BCUT2D eigenvalue weighted by Crippen LogP contribution is -2.45. The molecule has 0 saturated carbocycles. The van der Waals surface area contributed by atoms with E-state index < -0.39 is 12.1 Å². The predicted octanol–water partition coefficient (Wildman–Crippen LogP) is 16.4. The van der Waals surface area contributed by atoms with Gasteiger partial charge in [0.2, 0.25) is 5.91 Å². The van der Waals surface area contributed by atoms with Gasteiger partial charge in [0.25, 0.3) is 0 Å². The Labute approximate surface area is 351 Å². The molecule has 1 amide bonds. The van der Waals surface area contributed by atoms with Crippen molar-refractivity contribution in [3.05, 3.63) is 24.3 Å². The standard InChI is InChI=1S/C52H101NO3/c1-3-5-7-9-11-13-15-17-19-21-23-24-25-26-27-28-30-32-34-36-38-40-42-44-46-48-52(56)53-50(49-54)51(55)47-45-43-41-39-37-35-33-31-29-22-20-18-16-14-12-10-8-6-4-2/h21,23,45,47,50-51,54-55H,3-20,22,24-44,46,48-49H2,1-2H3,(H,53,56)/b23-21-,47-45+. The number of hydrogen-bond acceptors (Lipinski definition) is 3. The maximum Gasteiger partial charge on any atom is 0.220 e. The fraction of sp³-hybridized carbons (Fsp3) is 0.904. The average Bonchev–Trinajstić information content (AvgIpc) is 3.20. The fourth-order valence-corrected chi connectivity index (χ4v) is 8.00. The Hall–Kier alpha value is -1.13. The summed E-state index contributed by atoms with van der Waals surface area (Å²) in [5.74, 6) is -0.0600. The number of aliphatic hydroxyl groups excluding tert-OH is 2. The number of allylic oxidation sites excluding steroid dienone is 3. The number of rotatable bonds is 47.